The van der Waals surface area contributed by atoms with Crippen LogP contribution in [0, 0.1) is 17.7 Å². The molecule has 3 unspecified atom stereocenters. The molecule has 3 N–H and O–H groups in total. The minimum Gasteiger partial charge on any atom is -0.397 e. The van der Waals surface area contributed by atoms with Gasteiger partial charge in [0.1, 0.15) is 5.82 Å². The summed E-state index contributed by atoms with van der Waals surface area (Å²) in [5.74, 6) is 1.44. The van der Waals surface area contributed by atoms with Crippen molar-refractivity contribution in [3.05, 3.63) is 24.0 Å². The summed E-state index contributed by atoms with van der Waals surface area (Å²) in [5.41, 5.74) is 7.24. The van der Waals surface area contributed by atoms with Gasteiger partial charge in [-0.3, -0.25) is 0 Å². The number of hydrogen-bond acceptors (Lipinski definition) is 2. The summed E-state index contributed by atoms with van der Waals surface area (Å²) in [6, 6.07) is 5.04. The number of anilines is 2. The third kappa shape index (κ3) is 1.64. The Bertz CT molecular complexity index is 405. The average Bonchev–Trinajstić information content (AvgIpc) is 2.85. The molecule has 0 radical (unpaired) electrons. The van der Waals surface area contributed by atoms with Crippen LogP contribution in [0.15, 0.2) is 18.2 Å². The predicted molar refractivity (Wildman–Crippen MR) is 63.7 cm³/mol. The first-order valence-corrected chi connectivity index (χ1v) is 6.04. The van der Waals surface area contributed by atoms with Crippen LogP contribution in [0.3, 0.4) is 0 Å². The van der Waals surface area contributed by atoms with E-state index in [-0.39, 0.29) is 5.82 Å². The Morgan fingerprint density at radius 2 is 2.12 bits per heavy atom. The smallest absolute Gasteiger partial charge is 0.125 e. The molecular weight excluding hydrogens is 203 g/mol. The maximum Gasteiger partial charge on any atom is 0.125 e. The van der Waals surface area contributed by atoms with E-state index in [1.807, 2.05) is 0 Å². The zero-order valence-electron chi connectivity index (χ0n) is 9.25. The van der Waals surface area contributed by atoms with Gasteiger partial charge in [-0.15, -0.1) is 0 Å². The van der Waals surface area contributed by atoms with Crippen LogP contribution in [0.2, 0.25) is 0 Å². The normalized spacial score (nSPS) is 31.9. The van der Waals surface area contributed by atoms with Gasteiger partial charge in [-0.1, -0.05) is 6.42 Å². The van der Waals surface area contributed by atoms with Crippen LogP contribution < -0.4 is 11.1 Å². The minimum absolute atomic E-state index is 0.222. The molecule has 1 aromatic carbocycles. The second-order valence-electron chi connectivity index (χ2n) is 5.16. The summed E-state index contributed by atoms with van der Waals surface area (Å²) in [6.45, 7) is 0. The molecule has 0 aliphatic heterocycles. The molecule has 2 aliphatic rings. The summed E-state index contributed by atoms with van der Waals surface area (Å²) in [7, 11) is 0. The highest BCUT2D eigenvalue weighted by Gasteiger charge is 2.39. The topological polar surface area (TPSA) is 38.0 Å². The molecule has 0 aromatic heterocycles. The Labute approximate surface area is 95.0 Å². The van der Waals surface area contributed by atoms with E-state index in [1.165, 1.54) is 37.8 Å². The van der Waals surface area contributed by atoms with Crippen LogP contribution in [-0.4, -0.2) is 6.04 Å². The zero-order chi connectivity index (χ0) is 11.1. The molecule has 2 saturated carbocycles. The van der Waals surface area contributed by atoms with Gasteiger partial charge >= 0.3 is 0 Å². The van der Waals surface area contributed by atoms with E-state index >= 15 is 0 Å². The molecular formula is C13H17FN2. The van der Waals surface area contributed by atoms with Crippen LogP contribution in [0.5, 0.6) is 0 Å². The fraction of sp³-hybridized carbons (Fsp3) is 0.538. The van der Waals surface area contributed by atoms with Crippen LogP contribution in [-0.2, 0) is 0 Å². The summed E-state index contributed by atoms with van der Waals surface area (Å²) in [6.07, 6.45) is 5.26. The van der Waals surface area contributed by atoms with Crippen molar-refractivity contribution in [2.24, 2.45) is 11.8 Å². The number of hydrogen-bond donors (Lipinski definition) is 2. The lowest BCUT2D eigenvalue weighted by molar-refractivity contribution is 0.439. The molecule has 0 heterocycles. The Hall–Kier alpha value is -1.25. The van der Waals surface area contributed by atoms with E-state index < -0.39 is 0 Å². The fourth-order valence-electron chi connectivity index (χ4n) is 3.27. The van der Waals surface area contributed by atoms with Gasteiger partial charge in [0.05, 0.1) is 11.4 Å². The summed E-state index contributed by atoms with van der Waals surface area (Å²) in [5, 5.41) is 3.42. The maximum atomic E-state index is 13.1. The molecule has 3 heteroatoms. The zero-order valence-corrected chi connectivity index (χ0v) is 9.25. The quantitative estimate of drug-likeness (QED) is 0.752. The van der Waals surface area contributed by atoms with E-state index in [4.69, 9.17) is 5.73 Å². The van der Waals surface area contributed by atoms with Gasteiger partial charge in [-0.05, 0) is 49.3 Å². The van der Waals surface area contributed by atoms with Gasteiger partial charge in [0.25, 0.3) is 0 Å². The third-order valence-corrected chi connectivity index (χ3v) is 4.09. The molecule has 2 nitrogen and oxygen atoms in total. The number of nitrogens with one attached hydrogen (secondary N) is 1. The van der Waals surface area contributed by atoms with Crippen molar-refractivity contribution >= 4 is 11.4 Å². The highest BCUT2D eigenvalue weighted by molar-refractivity contribution is 5.66. The molecule has 3 rings (SSSR count). The average molecular weight is 220 g/mol. The molecule has 16 heavy (non-hydrogen) atoms. The van der Waals surface area contributed by atoms with Gasteiger partial charge in [-0.2, -0.15) is 0 Å². The number of rotatable bonds is 2. The lowest BCUT2D eigenvalue weighted by Gasteiger charge is -2.24. The first kappa shape index (κ1) is 9.94. The van der Waals surface area contributed by atoms with Crippen molar-refractivity contribution in [1.82, 2.24) is 0 Å². The minimum atomic E-state index is -0.222. The predicted octanol–water partition coefficient (Wildman–Crippen LogP) is 3.01. The molecule has 2 fully saturated rings. The standard InChI is InChI=1S/C13H17FN2/c14-10-3-4-11(15)13(7-10)16-12-6-8-1-2-9(12)5-8/h3-4,7-9,12,16H,1-2,5-6,15H2. The molecule has 86 valence electrons. The Balaban J connectivity index is 1.76. The van der Waals surface area contributed by atoms with Crippen LogP contribution in [0.4, 0.5) is 15.8 Å². The molecule has 0 amide bonds. The number of nitrogens with two attached hydrogens (primary N) is 1. The van der Waals surface area contributed by atoms with E-state index in [2.05, 4.69) is 5.32 Å². The highest BCUT2D eigenvalue weighted by Crippen LogP contribution is 2.45. The van der Waals surface area contributed by atoms with Crippen molar-refractivity contribution in [3.63, 3.8) is 0 Å². The number of fused-ring (bicyclic) bond motifs is 2. The summed E-state index contributed by atoms with van der Waals surface area (Å²) in [4.78, 5) is 0. The van der Waals surface area contributed by atoms with Crippen molar-refractivity contribution < 1.29 is 4.39 Å². The van der Waals surface area contributed by atoms with Crippen molar-refractivity contribution in [1.29, 1.82) is 0 Å². The Morgan fingerprint density at radius 3 is 2.81 bits per heavy atom. The van der Waals surface area contributed by atoms with Gasteiger partial charge in [0, 0.05) is 6.04 Å². The van der Waals surface area contributed by atoms with Crippen molar-refractivity contribution in [2.75, 3.05) is 11.1 Å². The molecule has 1 aromatic rings. The molecule has 3 atom stereocenters. The van der Waals surface area contributed by atoms with Gasteiger partial charge < -0.3 is 11.1 Å². The van der Waals surface area contributed by atoms with E-state index in [0.717, 1.165) is 17.5 Å². The number of halogens is 1. The van der Waals surface area contributed by atoms with Gasteiger partial charge in [0.15, 0.2) is 0 Å². The van der Waals surface area contributed by atoms with Crippen molar-refractivity contribution in [3.8, 4) is 0 Å². The van der Waals surface area contributed by atoms with E-state index in [1.54, 1.807) is 6.07 Å². The second kappa shape index (κ2) is 3.65. The third-order valence-electron chi connectivity index (χ3n) is 4.09. The van der Waals surface area contributed by atoms with Gasteiger partial charge in [-0.25, -0.2) is 4.39 Å². The fourth-order valence-corrected chi connectivity index (χ4v) is 3.27. The first-order valence-electron chi connectivity index (χ1n) is 6.04. The largest absolute Gasteiger partial charge is 0.397 e. The van der Waals surface area contributed by atoms with Crippen LogP contribution >= 0.6 is 0 Å². The monoisotopic (exact) mass is 220 g/mol. The highest BCUT2D eigenvalue weighted by atomic mass is 19.1. The SMILES string of the molecule is Nc1ccc(F)cc1NC1CC2CCC1C2. The van der Waals surface area contributed by atoms with E-state index in [0.29, 0.717) is 11.7 Å². The summed E-state index contributed by atoms with van der Waals surface area (Å²) >= 11 is 0. The Morgan fingerprint density at radius 1 is 1.25 bits per heavy atom. The van der Waals surface area contributed by atoms with Crippen LogP contribution in [0.1, 0.15) is 25.7 Å². The number of nitrogen functional groups attached to an aromatic ring is 1. The van der Waals surface area contributed by atoms with Crippen molar-refractivity contribution in [2.45, 2.75) is 31.7 Å². The first-order chi connectivity index (χ1) is 7.72. The lowest BCUT2D eigenvalue weighted by atomic mass is 9.95. The second-order valence-corrected chi connectivity index (χ2v) is 5.16. The molecule has 0 saturated heterocycles. The lowest BCUT2D eigenvalue weighted by Crippen LogP contribution is -2.26. The maximum absolute atomic E-state index is 13.1. The number of benzene rings is 1. The molecule has 2 bridgehead atoms. The van der Waals surface area contributed by atoms with Crippen LogP contribution in [0.25, 0.3) is 0 Å². The molecule has 0 spiro atoms. The summed E-state index contributed by atoms with van der Waals surface area (Å²) < 4.78 is 13.1. The van der Waals surface area contributed by atoms with Gasteiger partial charge in [0.2, 0.25) is 0 Å². The van der Waals surface area contributed by atoms with E-state index in [9.17, 15) is 4.39 Å². The Kier molecular flexibility index (Phi) is 2.27. The molecule has 2 aliphatic carbocycles.